The Morgan fingerprint density at radius 1 is 1.44 bits per heavy atom. The maximum Gasteiger partial charge on any atom is 0.335 e. The molecule has 0 fully saturated rings. The number of ether oxygens (including phenoxy) is 1. The third kappa shape index (κ3) is 1.86. The van der Waals surface area contributed by atoms with E-state index < -0.39 is 5.97 Å². The van der Waals surface area contributed by atoms with Gasteiger partial charge >= 0.3 is 5.97 Å². The molecule has 0 aromatic heterocycles. The molecule has 1 aliphatic heterocycles. The van der Waals surface area contributed by atoms with Gasteiger partial charge in [0.25, 0.3) is 0 Å². The Morgan fingerprint density at radius 2 is 2.19 bits per heavy atom. The number of hydrogen-bond donors (Lipinski definition) is 0. The summed E-state index contributed by atoms with van der Waals surface area (Å²) < 4.78 is 18.0. The van der Waals surface area contributed by atoms with Crippen molar-refractivity contribution in [3.05, 3.63) is 47.3 Å². The molecule has 4 heteroatoms. The topological polar surface area (TPSA) is 38.7 Å². The van der Waals surface area contributed by atoms with Gasteiger partial charge in [-0.15, -0.1) is 0 Å². The van der Waals surface area contributed by atoms with E-state index >= 15 is 0 Å². The largest absolute Gasteiger partial charge is 0.466 e. The number of methoxy groups -OCH3 is 1. The van der Waals surface area contributed by atoms with Gasteiger partial charge in [-0.25, -0.2) is 9.18 Å². The summed E-state index contributed by atoms with van der Waals surface area (Å²) in [5.74, 6) is -0.765. The van der Waals surface area contributed by atoms with E-state index in [1.165, 1.54) is 13.2 Å². The Morgan fingerprint density at radius 3 is 2.88 bits per heavy atom. The summed E-state index contributed by atoms with van der Waals surface area (Å²) in [6.45, 7) is 0.246. The van der Waals surface area contributed by atoms with Gasteiger partial charge in [-0.2, -0.15) is 0 Å². The maximum absolute atomic E-state index is 13.4. The van der Waals surface area contributed by atoms with E-state index in [-0.39, 0.29) is 12.4 Å². The Kier molecular flexibility index (Phi) is 2.81. The van der Waals surface area contributed by atoms with Crippen molar-refractivity contribution in [2.24, 2.45) is 4.99 Å². The van der Waals surface area contributed by atoms with E-state index in [2.05, 4.69) is 9.73 Å². The van der Waals surface area contributed by atoms with Crippen LogP contribution in [0.4, 0.5) is 4.39 Å². The minimum atomic E-state index is -0.421. The number of hydrogen-bond acceptors (Lipinski definition) is 3. The molecule has 3 nitrogen and oxygen atoms in total. The molecule has 0 aliphatic carbocycles. The SMILES string of the molecule is COC(=O)C1=CC(c2ccccc2F)=NC1. The molecule has 0 saturated heterocycles. The number of halogens is 1. The van der Waals surface area contributed by atoms with Crippen molar-refractivity contribution in [3.63, 3.8) is 0 Å². The number of aliphatic imine (C=N–C) groups is 1. The molecule has 0 amide bonds. The molecule has 0 atom stereocenters. The van der Waals surface area contributed by atoms with Crippen molar-refractivity contribution in [1.82, 2.24) is 0 Å². The molecule has 1 aromatic rings. The number of nitrogens with zero attached hydrogens (tertiary/aromatic N) is 1. The molecular formula is C12H10FNO2. The summed E-state index contributed by atoms with van der Waals surface area (Å²) in [6, 6.07) is 6.33. The number of carbonyl (C=O) groups excluding carboxylic acids is 1. The fourth-order valence-electron chi connectivity index (χ4n) is 1.51. The fourth-order valence-corrected chi connectivity index (χ4v) is 1.51. The van der Waals surface area contributed by atoms with Gasteiger partial charge in [0, 0.05) is 5.56 Å². The van der Waals surface area contributed by atoms with Crippen LogP contribution in [0.5, 0.6) is 0 Å². The molecule has 0 bridgehead atoms. The first-order valence-electron chi connectivity index (χ1n) is 4.80. The molecule has 1 aliphatic rings. The zero-order chi connectivity index (χ0) is 11.5. The highest BCUT2D eigenvalue weighted by molar-refractivity contribution is 6.14. The number of rotatable bonds is 2. The Balaban J connectivity index is 2.29. The molecule has 1 aromatic carbocycles. The van der Waals surface area contributed by atoms with Crippen LogP contribution < -0.4 is 0 Å². The maximum atomic E-state index is 13.4. The first-order chi connectivity index (χ1) is 7.72. The van der Waals surface area contributed by atoms with E-state index in [9.17, 15) is 9.18 Å². The van der Waals surface area contributed by atoms with Gasteiger partial charge in [-0.1, -0.05) is 12.1 Å². The van der Waals surface area contributed by atoms with E-state index in [1.54, 1.807) is 24.3 Å². The van der Waals surface area contributed by atoms with Crippen LogP contribution in [0.1, 0.15) is 5.56 Å². The summed E-state index contributed by atoms with van der Waals surface area (Å²) in [7, 11) is 1.31. The summed E-state index contributed by atoms with van der Waals surface area (Å²) in [5.41, 5.74) is 1.33. The highest BCUT2D eigenvalue weighted by Crippen LogP contribution is 2.15. The van der Waals surface area contributed by atoms with Gasteiger partial charge in [-0.05, 0) is 18.2 Å². The summed E-state index contributed by atoms with van der Waals surface area (Å²) in [6.07, 6.45) is 1.56. The molecule has 0 unspecified atom stereocenters. The Hall–Kier alpha value is -1.97. The summed E-state index contributed by atoms with van der Waals surface area (Å²) in [4.78, 5) is 15.3. The normalized spacial score (nSPS) is 14.4. The van der Waals surface area contributed by atoms with Crippen LogP contribution in [-0.2, 0) is 9.53 Å². The monoisotopic (exact) mass is 219 g/mol. The molecular weight excluding hydrogens is 209 g/mol. The van der Waals surface area contributed by atoms with Crippen LogP contribution in [-0.4, -0.2) is 25.3 Å². The Bertz CT molecular complexity index is 492. The summed E-state index contributed by atoms with van der Waals surface area (Å²) >= 11 is 0. The smallest absolute Gasteiger partial charge is 0.335 e. The number of esters is 1. The average molecular weight is 219 g/mol. The second-order valence-electron chi connectivity index (χ2n) is 3.34. The lowest BCUT2D eigenvalue weighted by atomic mass is 10.1. The molecule has 16 heavy (non-hydrogen) atoms. The van der Waals surface area contributed by atoms with Crippen LogP contribution in [0.3, 0.4) is 0 Å². The minimum Gasteiger partial charge on any atom is -0.466 e. The zero-order valence-corrected chi connectivity index (χ0v) is 8.74. The lowest BCUT2D eigenvalue weighted by molar-refractivity contribution is -0.136. The van der Waals surface area contributed by atoms with Gasteiger partial charge in [0.05, 0.1) is 24.9 Å². The molecule has 0 saturated carbocycles. The fraction of sp³-hybridized carbons (Fsp3) is 0.167. The first-order valence-corrected chi connectivity index (χ1v) is 4.80. The quantitative estimate of drug-likeness (QED) is 0.710. The third-order valence-electron chi connectivity index (χ3n) is 2.33. The summed E-state index contributed by atoms with van der Waals surface area (Å²) in [5, 5.41) is 0. The minimum absolute atomic E-state index is 0.246. The molecule has 82 valence electrons. The van der Waals surface area contributed by atoms with E-state index in [0.717, 1.165) is 0 Å². The average Bonchev–Trinajstić information content (AvgIpc) is 2.78. The van der Waals surface area contributed by atoms with Crippen LogP contribution in [0.15, 0.2) is 40.9 Å². The van der Waals surface area contributed by atoms with Gasteiger partial charge in [-0.3, -0.25) is 4.99 Å². The molecule has 2 rings (SSSR count). The van der Waals surface area contributed by atoms with Gasteiger partial charge in [0.2, 0.25) is 0 Å². The number of allylic oxidation sites excluding steroid dienone is 1. The van der Waals surface area contributed by atoms with Gasteiger partial charge in [0.15, 0.2) is 0 Å². The van der Waals surface area contributed by atoms with Crippen molar-refractivity contribution in [1.29, 1.82) is 0 Å². The lowest BCUT2D eigenvalue weighted by Crippen LogP contribution is -2.05. The second kappa shape index (κ2) is 4.26. The molecule has 0 N–H and O–H groups in total. The van der Waals surface area contributed by atoms with Crippen molar-refractivity contribution < 1.29 is 13.9 Å². The predicted molar refractivity (Wildman–Crippen MR) is 57.9 cm³/mol. The third-order valence-corrected chi connectivity index (χ3v) is 2.33. The predicted octanol–water partition coefficient (Wildman–Crippen LogP) is 1.73. The zero-order valence-electron chi connectivity index (χ0n) is 8.74. The van der Waals surface area contributed by atoms with Crippen molar-refractivity contribution >= 4 is 11.7 Å². The highest BCUT2D eigenvalue weighted by atomic mass is 19.1. The van der Waals surface area contributed by atoms with Gasteiger partial charge < -0.3 is 4.74 Å². The second-order valence-corrected chi connectivity index (χ2v) is 3.34. The highest BCUT2D eigenvalue weighted by Gasteiger charge is 2.18. The molecule has 0 spiro atoms. The van der Waals surface area contributed by atoms with E-state index in [4.69, 9.17) is 0 Å². The van der Waals surface area contributed by atoms with Crippen LogP contribution in [0, 0.1) is 5.82 Å². The van der Waals surface area contributed by atoms with Crippen molar-refractivity contribution in [2.45, 2.75) is 0 Å². The first kappa shape index (κ1) is 10.5. The number of carbonyl (C=O) groups is 1. The van der Waals surface area contributed by atoms with E-state index in [1.807, 2.05) is 0 Å². The molecule has 0 radical (unpaired) electrons. The molecule has 1 heterocycles. The van der Waals surface area contributed by atoms with Gasteiger partial charge in [0.1, 0.15) is 5.82 Å². The van der Waals surface area contributed by atoms with Crippen LogP contribution in [0.25, 0.3) is 0 Å². The van der Waals surface area contributed by atoms with Crippen molar-refractivity contribution in [3.8, 4) is 0 Å². The van der Waals surface area contributed by atoms with E-state index in [0.29, 0.717) is 16.8 Å². The number of benzene rings is 1. The van der Waals surface area contributed by atoms with Crippen molar-refractivity contribution in [2.75, 3.05) is 13.7 Å². The lowest BCUT2D eigenvalue weighted by Gasteiger charge is -1.99. The standard InChI is InChI=1S/C12H10FNO2/c1-16-12(15)8-6-11(14-7-8)9-4-2-3-5-10(9)13/h2-6H,7H2,1H3. The van der Waals surface area contributed by atoms with Crippen LogP contribution >= 0.6 is 0 Å². The van der Waals surface area contributed by atoms with Crippen LogP contribution in [0.2, 0.25) is 0 Å². The Labute approximate surface area is 92.3 Å².